The first-order chi connectivity index (χ1) is 5.57. The van der Waals surface area contributed by atoms with Gasteiger partial charge in [-0.3, -0.25) is 0 Å². The lowest BCUT2D eigenvalue weighted by Crippen LogP contribution is -2.00. The zero-order valence-corrected chi connectivity index (χ0v) is 8.77. The smallest absolute Gasteiger partial charge is 0.150 e. The molecule has 0 unspecified atom stereocenters. The summed E-state index contributed by atoms with van der Waals surface area (Å²) in [5.74, 6) is 0. The molecule has 0 aliphatic rings. The van der Waals surface area contributed by atoms with Crippen molar-refractivity contribution in [3.63, 3.8) is 0 Å². The van der Waals surface area contributed by atoms with Gasteiger partial charge in [-0.05, 0) is 0 Å². The Labute approximate surface area is 89.6 Å². The van der Waals surface area contributed by atoms with Crippen molar-refractivity contribution in [2.45, 2.75) is 6.54 Å². The van der Waals surface area contributed by atoms with Crippen LogP contribution in [0.1, 0.15) is 5.56 Å². The van der Waals surface area contributed by atoms with Crippen molar-refractivity contribution < 1.29 is 0 Å². The van der Waals surface area contributed by atoms with Crippen LogP contribution in [0.15, 0.2) is 0 Å². The van der Waals surface area contributed by atoms with Gasteiger partial charge >= 0.3 is 0 Å². The van der Waals surface area contributed by atoms with Crippen LogP contribution in [0.3, 0.4) is 0 Å². The van der Waals surface area contributed by atoms with Crippen molar-refractivity contribution in [1.29, 1.82) is 0 Å². The molecule has 0 saturated carbocycles. The highest BCUT2D eigenvalue weighted by Crippen LogP contribution is 2.34. The number of hydrogen-bond donors (Lipinski definition) is 1. The van der Waals surface area contributed by atoms with Crippen molar-refractivity contribution in [3.05, 3.63) is 25.9 Å². The highest BCUT2D eigenvalue weighted by molar-refractivity contribution is 6.48. The first-order valence-electron chi connectivity index (χ1n) is 2.96. The molecular formula is C6H4Cl4N2. The summed E-state index contributed by atoms with van der Waals surface area (Å²) in [7, 11) is 0. The SMILES string of the molecule is NCc1c(Cl)nc(Cl)c(Cl)c1Cl. The lowest BCUT2D eigenvalue weighted by atomic mass is 10.3. The van der Waals surface area contributed by atoms with Crippen LogP contribution >= 0.6 is 46.4 Å². The number of halogens is 4. The number of aromatic nitrogens is 1. The average Bonchev–Trinajstić information content (AvgIpc) is 2.01. The Balaban J connectivity index is 3.40. The van der Waals surface area contributed by atoms with Crippen LogP contribution < -0.4 is 5.73 Å². The molecule has 0 saturated heterocycles. The number of nitrogens with two attached hydrogens (primary N) is 1. The third-order valence-electron chi connectivity index (χ3n) is 1.29. The molecule has 0 bridgehead atoms. The van der Waals surface area contributed by atoms with Crippen LogP contribution in [0.2, 0.25) is 20.4 Å². The number of hydrogen-bond acceptors (Lipinski definition) is 2. The van der Waals surface area contributed by atoms with E-state index in [2.05, 4.69) is 4.98 Å². The van der Waals surface area contributed by atoms with Gasteiger partial charge in [-0.25, -0.2) is 4.98 Å². The molecule has 12 heavy (non-hydrogen) atoms. The maximum Gasteiger partial charge on any atom is 0.150 e. The standard InChI is InChI=1S/C6H4Cl4N2/c7-3-2(1-11)5(9)12-6(10)4(3)8/h1,11H2. The van der Waals surface area contributed by atoms with E-state index in [0.717, 1.165) is 0 Å². The second-order valence-electron chi connectivity index (χ2n) is 2.00. The minimum absolute atomic E-state index is 0.0869. The molecule has 0 amide bonds. The summed E-state index contributed by atoms with van der Waals surface area (Å²) in [5, 5.41) is 0.730. The van der Waals surface area contributed by atoms with Crippen molar-refractivity contribution >= 4 is 46.4 Å². The zero-order valence-electron chi connectivity index (χ0n) is 5.74. The second-order valence-corrected chi connectivity index (χ2v) is 3.48. The Bertz CT molecular complexity index is 313. The summed E-state index contributed by atoms with van der Waals surface area (Å²) in [6.45, 7) is 0.182. The molecule has 6 heteroatoms. The molecule has 2 nitrogen and oxygen atoms in total. The van der Waals surface area contributed by atoms with E-state index in [9.17, 15) is 0 Å². The van der Waals surface area contributed by atoms with Crippen LogP contribution in [0, 0.1) is 0 Å². The maximum absolute atomic E-state index is 5.78. The first kappa shape index (κ1) is 10.4. The summed E-state index contributed by atoms with van der Waals surface area (Å²) in [4.78, 5) is 3.74. The molecule has 0 aliphatic heterocycles. The predicted molar refractivity (Wildman–Crippen MR) is 52.2 cm³/mol. The minimum Gasteiger partial charge on any atom is -0.326 e. The Kier molecular flexibility index (Phi) is 3.44. The molecule has 1 heterocycles. The van der Waals surface area contributed by atoms with Crippen molar-refractivity contribution in [1.82, 2.24) is 4.98 Å². The molecule has 0 atom stereocenters. The molecule has 0 radical (unpaired) electrons. The molecule has 1 aromatic heterocycles. The summed E-state index contributed by atoms with van der Waals surface area (Å²) < 4.78 is 0. The lowest BCUT2D eigenvalue weighted by molar-refractivity contribution is 1.05. The van der Waals surface area contributed by atoms with E-state index < -0.39 is 0 Å². The highest BCUT2D eigenvalue weighted by Gasteiger charge is 2.13. The Morgan fingerprint density at radius 2 is 1.58 bits per heavy atom. The summed E-state index contributed by atoms with van der Waals surface area (Å²) >= 11 is 22.8. The molecule has 2 N–H and O–H groups in total. The molecule has 1 rings (SSSR count). The predicted octanol–water partition coefficient (Wildman–Crippen LogP) is 3.15. The third kappa shape index (κ3) is 1.78. The van der Waals surface area contributed by atoms with E-state index in [4.69, 9.17) is 52.1 Å². The van der Waals surface area contributed by atoms with Crippen LogP contribution in [0.5, 0.6) is 0 Å². The monoisotopic (exact) mass is 244 g/mol. The fraction of sp³-hybridized carbons (Fsp3) is 0.167. The van der Waals surface area contributed by atoms with Crippen molar-refractivity contribution in [3.8, 4) is 0 Å². The number of pyridine rings is 1. The first-order valence-corrected chi connectivity index (χ1v) is 4.48. The molecule has 0 aliphatic carbocycles. The van der Waals surface area contributed by atoms with Gasteiger partial charge in [0, 0.05) is 12.1 Å². The fourth-order valence-electron chi connectivity index (χ4n) is 0.690. The van der Waals surface area contributed by atoms with Gasteiger partial charge in [-0.2, -0.15) is 0 Å². The number of nitrogens with zero attached hydrogens (tertiary/aromatic N) is 1. The molecule has 0 aromatic carbocycles. The largest absolute Gasteiger partial charge is 0.326 e. The third-order valence-corrected chi connectivity index (χ3v) is 2.85. The van der Waals surface area contributed by atoms with Gasteiger partial charge in [0.25, 0.3) is 0 Å². The normalized spacial score (nSPS) is 10.4. The molecular weight excluding hydrogens is 242 g/mol. The average molecular weight is 246 g/mol. The van der Waals surface area contributed by atoms with Gasteiger partial charge in [0.05, 0.1) is 10.0 Å². The van der Waals surface area contributed by atoms with E-state index in [1.807, 2.05) is 0 Å². The summed E-state index contributed by atoms with van der Waals surface area (Å²) in [6.07, 6.45) is 0. The molecule has 66 valence electrons. The Morgan fingerprint density at radius 3 is 2.08 bits per heavy atom. The lowest BCUT2D eigenvalue weighted by Gasteiger charge is -2.05. The zero-order chi connectivity index (χ0) is 9.30. The summed E-state index contributed by atoms with van der Waals surface area (Å²) in [6, 6.07) is 0. The van der Waals surface area contributed by atoms with E-state index in [1.54, 1.807) is 0 Å². The van der Waals surface area contributed by atoms with Crippen molar-refractivity contribution in [2.24, 2.45) is 5.73 Å². The van der Waals surface area contributed by atoms with Gasteiger partial charge in [0.1, 0.15) is 5.15 Å². The second kappa shape index (κ2) is 3.99. The fourth-order valence-corrected chi connectivity index (χ4v) is 1.68. The van der Waals surface area contributed by atoms with Gasteiger partial charge in [0.15, 0.2) is 5.15 Å². The highest BCUT2D eigenvalue weighted by atomic mass is 35.5. The van der Waals surface area contributed by atoms with Crippen LogP contribution in [0.4, 0.5) is 0 Å². The Morgan fingerprint density at radius 1 is 1.00 bits per heavy atom. The quantitative estimate of drug-likeness (QED) is 0.773. The van der Waals surface area contributed by atoms with Crippen LogP contribution in [0.25, 0.3) is 0 Å². The van der Waals surface area contributed by atoms with E-state index >= 15 is 0 Å². The van der Waals surface area contributed by atoms with E-state index in [0.29, 0.717) is 5.56 Å². The van der Waals surface area contributed by atoms with Crippen molar-refractivity contribution in [2.75, 3.05) is 0 Å². The van der Waals surface area contributed by atoms with Gasteiger partial charge in [0.2, 0.25) is 0 Å². The summed E-state index contributed by atoms with van der Waals surface area (Å²) in [5.41, 5.74) is 5.87. The van der Waals surface area contributed by atoms with E-state index in [1.165, 1.54) is 0 Å². The molecule has 1 aromatic rings. The van der Waals surface area contributed by atoms with Gasteiger partial charge in [-0.1, -0.05) is 46.4 Å². The van der Waals surface area contributed by atoms with Crippen LogP contribution in [-0.2, 0) is 6.54 Å². The molecule has 0 spiro atoms. The minimum atomic E-state index is 0.0869. The van der Waals surface area contributed by atoms with Gasteiger partial charge < -0.3 is 5.73 Å². The number of rotatable bonds is 1. The van der Waals surface area contributed by atoms with Crippen LogP contribution in [-0.4, -0.2) is 4.98 Å². The molecule has 0 fully saturated rings. The van der Waals surface area contributed by atoms with Gasteiger partial charge in [-0.15, -0.1) is 0 Å². The Hall–Kier alpha value is 0.270. The topological polar surface area (TPSA) is 38.9 Å². The van der Waals surface area contributed by atoms with E-state index in [-0.39, 0.29) is 26.9 Å². The maximum atomic E-state index is 5.78.